The van der Waals surface area contributed by atoms with E-state index in [2.05, 4.69) is 48.2 Å². The predicted octanol–water partition coefficient (Wildman–Crippen LogP) is 2.63. The molecule has 1 aromatic rings. The molecular formula is C16H29N3S. The van der Waals surface area contributed by atoms with Gasteiger partial charge >= 0.3 is 0 Å². The van der Waals surface area contributed by atoms with Crippen molar-refractivity contribution in [3.63, 3.8) is 0 Å². The van der Waals surface area contributed by atoms with Crippen molar-refractivity contribution in [2.24, 2.45) is 11.7 Å². The van der Waals surface area contributed by atoms with Gasteiger partial charge in [0.2, 0.25) is 0 Å². The van der Waals surface area contributed by atoms with Gasteiger partial charge in [0, 0.05) is 30.1 Å². The minimum atomic E-state index is 0.192. The molecule has 0 aliphatic carbocycles. The maximum Gasteiger partial charge on any atom is 0.0356 e. The number of likely N-dealkylation sites (N-methyl/N-ethyl adjacent to an activating group) is 1. The predicted molar refractivity (Wildman–Crippen MR) is 88.1 cm³/mol. The van der Waals surface area contributed by atoms with E-state index in [-0.39, 0.29) is 5.54 Å². The lowest BCUT2D eigenvalue weighted by Gasteiger charge is -2.47. The van der Waals surface area contributed by atoms with Gasteiger partial charge in [-0.1, -0.05) is 19.9 Å². The van der Waals surface area contributed by atoms with E-state index >= 15 is 0 Å². The SMILES string of the molecule is CC(C)CN1CCC(CN)(N(C)Cc2cccs2)CC1. The summed E-state index contributed by atoms with van der Waals surface area (Å²) in [5, 5.41) is 2.16. The van der Waals surface area contributed by atoms with E-state index in [0.717, 1.165) is 19.0 Å². The van der Waals surface area contributed by atoms with Gasteiger partial charge in [0.15, 0.2) is 0 Å². The Labute approximate surface area is 127 Å². The second kappa shape index (κ2) is 7.03. The fourth-order valence-corrected chi connectivity index (χ4v) is 3.97. The number of likely N-dealkylation sites (tertiary alicyclic amines) is 1. The molecule has 0 spiro atoms. The first kappa shape index (κ1) is 16.0. The molecule has 2 rings (SSSR count). The Hall–Kier alpha value is -0.420. The lowest BCUT2D eigenvalue weighted by atomic mass is 9.85. The van der Waals surface area contributed by atoms with Gasteiger partial charge in [0.25, 0.3) is 0 Å². The molecule has 0 radical (unpaired) electrons. The van der Waals surface area contributed by atoms with Crippen molar-refractivity contribution in [2.45, 2.75) is 38.8 Å². The summed E-state index contributed by atoms with van der Waals surface area (Å²) in [4.78, 5) is 6.52. The maximum atomic E-state index is 6.16. The Bertz CT molecular complexity index is 380. The molecule has 0 atom stereocenters. The lowest BCUT2D eigenvalue weighted by molar-refractivity contribution is 0.0370. The summed E-state index contributed by atoms with van der Waals surface area (Å²) >= 11 is 1.84. The van der Waals surface area contributed by atoms with Crippen LogP contribution in [0.4, 0.5) is 0 Å². The molecule has 4 heteroatoms. The van der Waals surface area contributed by atoms with Crippen LogP contribution < -0.4 is 5.73 Å². The van der Waals surface area contributed by atoms with Crippen molar-refractivity contribution in [2.75, 3.05) is 33.2 Å². The van der Waals surface area contributed by atoms with Crippen molar-refractivity contribution in [3.05, 3.63) is 22.4 Å². The second-order valence-electron chi connectivity index (χ2n) is 6.56. The minimum Gasteiger partial charge on any atom is -0.329 e. The summed E-state index contributed by atoms with van der Waals surface area (Å²) in [6.45, 7) is 9.98. The van der Waals surface area contributed by atoms with Gasteiger partial charge < -0.3 is 10.6 Å². The highest BCUT2D eigenvalue weighted by Crippen LogP contribution is 2.29. The zero-order valence-electron chi connectivity index (χ0n) is 13.1. The average molecular weight is 295 g/mol. The highest BCUT2D eigenvalue weighted by Gasteiger charge is 2.36. The van der Waals surface area contributed by atoms with Crippen LogP contribution in [0, 0.1) is 5.92 Å². The van der Waals surface area contributed by atoms with E-state index in [9.17, 15) is 0 Å². The van der Waals surface area contributed by atoms with Crippen LogP contribution in [0.5, 0.6) is 0 Å². The van der Waals surface area contributed by atoms with Crippen LogP contribution in [0.1, 0.15) is 31.6 Å². The van der Waals surface area contributed by atoms with E-state index in [1.165, 1.54) is 37.4 Å². The molecule has 0 aromatic carbocycles. The summed E-state index contributed by atoms with van der Waals surface area (Å²) < 4.78 is 0. The Balaban J connectivity index is 1.93. The van der Waals surface area contributed by atoms with Crippen LogP contribution in [0.3, 0.4) is 0 Å². The van der Waals surface area contributed by atoms with Gasteiger partial charge in [-0.2, -0.15) is 0 Å². The Morgan fingerprint density at radius 3 is 2.60 bits per heavy atom. The molecule has 1 aliphatic heterocycles. The molecule has 0 saturated carbocycles. The Kier molecular flexibility index (Phi) is 5.61. The molecule has 3 nitrogen and oxygen atoms in total. The van der Waals surface area contributed by atoms with Crippen molar-refractivity contribution < 1.29 is 0 Å². The zero-order valence-corrected chi connectivity index (χ0v) is 14.0. The highest BCUT2D eigenvalue weighted by atomic mass is 32.1. The van der Waals surface area contributed by atoms with Crippen LogP contribution in [-0.2, 0) is 6.54 Å². The fraction of sp³-hybridized carbons (Fsp3) is 0.750. The van der Waals surface area contributed by atoms with Gasteiger partial charge in [-0.3, -0.25) is 4.90 Å². The molecule has 0 amide bonds. The first-order valence-electron chi connectivity index (χ1n) is 7.72. The van der Waals surface area contributed by atoms with E-state index < -0.39 is 0 Å². The van der Waals surface area contributed by atoms with E-state index in [4.69, 9.17) is 5.73 Å². The molecule has 0 unspecified atom stereocenters. The summed E-state index contributed by atoms with van der Waals surface area (Å²) in [6.07, 6.45) is 2.39. The number of piperidine rings is 1. The van der Waals surface area contributed by atoms with Crippen LogP contribution >= 0.6 is 11.3 Å². The first-order chi connectivity index (χ1) is 9.55. The molecular weight excluding hydrogens is 266 g/mol. The van der Waals surface area contributed by atoms with Crippen molar-refractivity contribution in [3.8, 4) is 0 Å². The quantitative estimate of drug-likeness (QED) is 0.875. The normalized spacial score (nSPS) is 19.9. The summed E-state index contributed by atoms with van der Waals surface area (Å²) in [6, 6.07) is 4.35. The topological polar surface area (TPSA) is 32.5 Å². The molecule has 1 aromatic heterocycles. The first-order valence-corrected chi connectivity index (χ1v) is 8.60. The fourth-order valence-electron chi connectivity index (χ4n) is 3.21. The average Bonchev–Trinajstić information content (AvgIpc) is 2.92. The molecule has 2 heterocycles. The van der Waals surface area contributed by atoms with Crippen LogP contribution in [-0.4, -0.2) is 48.6 Å². The van der Waals surface area contributed by atoms with E-state index in [1.807, 2.05) is 11.3 Å². The number of rotatable bonds is 6. The van der Waals surface area contributed by atoms with E-state index in [1.54, 1.807) is 0 Å². The minimum absolute atomic E-state index is 0.192. The van der Waals surface area contributed by atoms with Gasteiger partial charge in [0.1, 0.15) is 0 Å². The van der Waals surface area contributed by atoms with Gasteiger partial charge in [-0.25, -0.2) is 0 Å². The molecule has 1 saturated heterocycles. The Morgan fingerprint density at radius 1 is 1.40 bits per heavy atom. The summed E-state index contributed by atoms with van der Waals surface area (Å²) in [5.74, 6) is 0.754. The number of thiophene rings is 1. The second-order valence-corrected chi connectivity index (χ2v) is 7.59. The monoisotopic (exact) mass is 295 g/mol. The summed E-state index contributed by atoms with van der Waals surface area (Å²) in [7, 11) is 2.24. The molecule has 1 fully saturated rings. The molecule has 20 heavy (non-hydrogen) atoms. The molecule has 0 bridgehead atoms. The maximum absolute atomic E-state index is 6.16. The van der Waals surface area contributed by atoms with Crippen LogP contribution in [0.25, 0.3) is 0 Å². The van der Waals surface area contributed by atoms with Crippen molar-refractivity contribution >= 4 is 11.3 Å². The third-order valence-corrected chi connectivity index (χ3v) is 5.43. The summed E-state index contributed by atoms with van der Waals surface area (Å²) in [5.41, 5.74) is 6.35. The highest BCUT2D eigenvalue weighted by molar-refractivity contribution is 7.09. The molecule has 2 N–H and O–H groups in total. The van der Waals surface area contributed by atoms with Crippen molar-refractivity contribution in [1.29, 1.82) is 0 Å². The smallest absolute Gasteiger partial charge is 0.0356 e. The van der Waals surface area contributed by atoms with Crippen LogP contribution in [0.15, 0.2) is 17.5 Å². The number of nitrogens with two attached hydrogens (primary N) is 1. The third kappa shape index (κ3) is 3.82. The van der Waals surface area contributed by atoms with Gasteiger partial charge in [0.05, 0.1) is 0 Å². The van der Waals surface area contributed by atoms with E-state index in [0.29, 0.717) is 0 Å². The number of hydrogen-bond donors (Lipinski definition) is 1. The van der Waals surface area contributed by atoms with Crippen molar-refractivity contribution in [1.82, 2.24) is 9.80 Å². The third-order valence-electron chi connectivity index (χ3n) is 4.57. The lowest BCUT2D eigenvalue weighted by Crippen LogP contribution is -2.58. The molecule has 1 aliphatic rings. The largest absolute Gasteiger partial charge is 0.329 e. The van der Waals surface area contributed by atoms with Gasteiger partial charge in [-0.05, 0) is 50.3 Å². The molecule has 114 valence electrons. The zero-order chi connectivity index (χ0) is 14.6. The van der Waals surface area contributed by atoms with Gasteiger partial charge in [-0.15, -0.1) is 11.3 Å². The number of nitrogens with zero attached hydrogens (tertiary/aromatic N) is 2. The standard InChI is InChI=1S/C16H29N3S/c1-14(2)11-19-8-6-16(13-17,7-9-19)18(3)12-15-5-4-10-20-15/h4-5,10,14H,6-9,11-13,17H2,1-3H3. The van der Waals surface area contributed by atoms with Crippen LogP contribution in [0.2, 0.25) is 0 Å². The number of hydrogen-bond acceptors (Lipinski definition) is 4. The Morgan fingerprint density at radius 2 is 2.10 bits per heavy atom.